The first-order valence-corrected chi connectivity index (χ1v) is 10.6. The van der Waals surface area contributed by atoms with E-state index >= 15 is 0 Å². The Balaban J connectivity index is 1.34. The number of amides is 1. The Morgan fingerprint density at radius 1 is 1.11 bits per heavy atom. The fourth-order valence-electron chi connectivity index (χ4n) is 4.48. The molecule has 1 aromatic carbocycles. The van der Waals surface area contributed by atoms with E-state index in [0.29, 0.717) is 24.7 Å². The summed E-state index contributed by atoms with van der Waals surface area (Å²) in [4.78, 5) is 19.2. The molecule has 2 fully saturated rings. The van der Waals surface area contributed by atoms with Gasteiger partial charge < -0.3 is 9.42 Å². The van der Waals surface area contributed by atoms with Crippen molar-refractivity contribution in [3.8, 4) is 11.4 Å². The fourth-order valence-corrected chi connectivity index (χ4v) is 4.48. The molecule has 1 atom stereocenters. The van der Waals surface area contributed by atoms with Crippen molar-refractivity contribution in [1.29, 1.82) is 0 Å². The van der Waals surface area contributed by atoms with E-state index in [1.807, 2.05) is 4.90 Å². The number of rotatable bonds is 5. The lowest BCUT2D eigenvalue weighted by atomic mass is 9.86. The molecule has 150 valence electrons. The summed E-state index contributed by atoms with van der Waals surface area (Å²) in [5.41, 5.74) is 0.729. The highest BCUT2D eigenvalue weighted by Gasteiger charge is 2.29. The first kappa shape index (κ1) is 19.1. The molecular formula is C22H28FN3O2. The van der Waals surface area contributed by atoms with E-state index in [4.69, 9.17) is 4.52 Å². The van der Waals surface area contributed by atoms with E-state index < -0.39 is 0 Å². The maximum Gasteiger partial charge on any atom is 0.231 e. The van der Waals surface area contributed by atoms with Gasteiger partial charge in [0.15, 0.2) is 0 Å². The van der Waals surface area contributed by atoms with Crippen LogP contribution in [-0.4, -0.2) is 34.0 Å². The van der Waals surface area contributed by atoms with Gasteiger partial charge in [0.1, 0.15) is 5.82 Å². The Kier molecular flexibility index (Phi) is 6.03. The summed E-state index contributed by atoms with van der Waals surface area (Å²) in [6.07, 6.45) is 10.1. The van der Waals surface area contributed by atoms with Gasteiger partial charge in [-0.3, -0.25) is 4.79 Å². The lowest BCUT2D eigenvalue weighted by molar-refractivity contribution is -0.132. The van der Waals surface area contributed by atoms with Crippen molar-refractivity contribution in [1.82, 2.24) is 15.0 Å². The Bertz CT molecular complexity index is 783. The number of piperidine rings is 1. The minimum Gasteiger partial charge on any atom is -0.342 e. The molecule has 2 heterocycles. The molecule has 1 aliphatic carbocycles. The largest absolute Gasteiger partial charge is 0.342 e. The summed E-state index contributed by atoms with van der Waals surface area (Å²) in [6.45, 7) is 1.47. The van der Waals surface area contributed by atoms with Crippen molar-refractivity contribution in [2.45, 2.75) is 63.7 Å². The van der Waals surface area contributed by atoms with E-state index in [1.165, 1.54) is 44.2 Å². The molecule has 1 saturated heterocycles. The van der Waals surface area contributed by atoms with Crippen LogP contribution in [0.3, 0.4) is 0 Å². The Labute approximate surface area is 165 Å². The monoisotopic (exact) mass is 385 g/mol. The molecule has 1 aromatic heterocycles. The zero-order chi connectivity index (χ0) is 19.3. The van der Waals surface area contributed by atoms with Crippen LogP contribution in [0.15, 0.2) is 28.8 Å². The van der Waals surface area contributed by atoms with Gasteiger partial charge >= 0.3 is 0 Å². The lowest BCUT2D eigenvalue weighted by Crippen LogP contribution is -2.39. The second-order valence-electron chi connectivity index (χ2n) is 8.18. The topological polar surface area (TPSA) is 59.2 Å². The molecule has 0 radical (unpaired) electrons. The number of hydrogen-bond donors (Lipinski definition) is 0. The molecule has 5 nitrogen and oxygen atoms in total. The summed E-state index contributed by atoms with van der Waals surface area (Å²) in [5, 5.41) is 4.05. The Morgan fingerprint density at radius 3 is 2.68 bits per heavy atom. The number of halogens is 1. The number of nitrogens with zero attached hydrogens (tertiary/aromatic N) is 3. The predicted molar refractivity (Wildman–Crippen MR) is 104 cm³/mol. The van der Waals surface area contributed by atoms with Crippen LogP contribution in [0.4, 0.5) is 4.39 Å². The van der Waals surface area contributed by atoms with Crippen molar-refractivity contribution in [3.05, 3.63) is 36.0 Å². The maximum absolute atomic E-state index is 13.1. The molecule has 0 bridgehead atoms. The van der Waals surface area contributed by atoms with Gasteiger partial charge in [0.25, 0.3) is 0 Å². The van der Waals surface area contributed by atoms with Crippen LogP contribution in [0.1, 0.15) is 69.6 Å². The lowest BCUT2D eigenvalue weighted by Gasteiger charge is -2.31. The van der Waals surface area contributed by atoms with Gasteiger partial charge in [-0.05, 0) is 49.4 Å². The smallest absolute Gasteiger partial charge is 0.231 e. The molecule has 1 aliphatic heterocycles. The minimum atomic E-state index is -0.290. The molecule has 4 rings (SSSR count). The second kappa shape index (κ2) is 8.84. The molecule has 28 heavy (non-hydrogen) atoms. The third-order valence-corrected chi connectivity index (χ3v) is 6.16. The molecule has 6 heteroatoms. The van der Waals surface area contributed by atoms with E-state index in [9.17, 15) is 9.18 Å². The highest BCUT2D eigenvalue weighted by molar-refractivity contribution is 5.76. The van der Waals surface area contributed by atoms with E-state index in [2.05, 4.69) is 10.1 Å². The zero-order valence-electron chi connectivity index (χ0n) is 16.3. The van der Waals surface area contributed by atoms with Crippen molar-refractivity contribution >= 4 is 5.91 Å². The molecule has 0 N–H and O–H groups in total. The number of aromatic nitrogens is 2. The van der Waals surface area contributed by atoms with Crippen LogP contribution in [-0.2, 0) is 4.79 Å². The van der Waals surface area contributed by atoms with E-state index in [1.54, 1.807) is 12.1 Å². The van der Waals surface area contributed by atoms with E-state index in [0.717, 1.165) is 37.3 Å². The molecule has 1 saturated carbocycles. The maximum atomic E-state index is 13.1. The van der Waals surface area contributed by atoms with Gasteiger partial charge in [0, 0.05) is 25.1 Å². The number of carbonyl (C=O) groups excluding carboxylic acids is 1. The van der Waals surface area contributed by atoms with Gasteiger partial charge in [-0.2, -0.15) is 4.98 Å². The Hall–Kier alpha value is -2.24. The molecular weight excluding hydrogens is 357 g/mol. The van der Waals surface area contributed by atoms with Crippen molar-refractivity contribution in [2.75, 3.05) is 13.1 Å². The van der Waals surface area contributed by atoms with Crippen LogP contribution in [0.5, 0.6) is 0 Å². The summed E-state index contributed by atoms with van der Waals surface area (Å²) in [6, 6.07) is 6.06. The fraction of sp³-hybridized carbons (Fsp3) is 0.591. The predicted octanol–water partition coefficient (Wildman–Crippen LogP) is 4.94. The molecule has 2 aromatic rings. The molecule has 0 spiro atoms. The van der Waals surface area contributed by atoms with Crippen LogP contribution in [0.25, 0.3) is 11.4 Å². The van der Waals surface area contributed by atoms with Gasteiger partial charge in [-0.1, -0.05) is 37.3 Å². The van der Waals surface area contributed by atoms with Crippen LogP contribution < -0.4 is 0 Å². The molecule has 2 aliphatic rings. The third-order valence-electron chi connectivity index (χ3n) is 6.16. The standard InChI is InChI=1S/C22H28FN3O2/c23-19-11-9-17(10-12-19)21-24-22(28-25-21)18-7-4-14-26(15-18)20(27)13-8-16-5-2-1-3-6-16/h9-12,16,18H,1-8,13-15H2/t18-/m0/s1. The number of benzene rings is 1. The van der Waals surface area contributed by atoms with Crippen molar-refractivity contribution in [2.24, 2.45) is 5.92 Å². The average Bonchev–Trinajstić information content (AvgIpc) is 3.24. The van der Waals surface area contributed by atoms with Gasteiger partial charge in [-0.25, -0.2) is 4.39 Å². The van der Waals surface area contributed by atoms with Gasteiger partial charge in [0.05, 0.1) is 5.92 Å². The van der Waals surface area contributed by atoms with Gasteiger partial charge in [-0.15, -0.1) is 0 Å². The first-order chi connectivity index (χ1) is 13.7. The van der Waals surface area contributed by atoms with Crippen molar-refractivity contribution in [3.63, 3.8) is 0 Å². The number of carbonyl (C=O) groups is 1. The summed E-state index contributed by atoms with van der Waals surface area (Å²) in [7, 11) is 0. The summed E-state index contributed by atoms with van der Waals surface area (Å²) in [5.74, 6) is 1.82. The average molecular weight is 385 g/mol. The second-order valence-corrected chi connectivity index (χ2v) is 8.18. The summed E-state index contributed by atoms with van der Waals surface area (Å²) < 4.78 is 18.6. The molecule has 1 amide bonds. The number of hydrogen-bond acceptors (Lipinski definition) is 4. The normalized spacial score (nSPS) is 21.0. The highest BCUT2D eigenvalue weighted by Crippen LogP contribution is 2.30. The zero-order valence-corrected chi connectivity index (χ0v) is 16.3. The Morgan fingerprint density at radius 2 is 1.89 bits per heavy atom. The summed E-state index contributed by atoms with van der Waals surface area (Å²) >= 11 is 0. The van der Waals surface area contributed by atoms with Gasteiger partial charge in [0.2, 0.25) is 17.6 Å². The van der Waals surface area contributed by atoms with Crippen LogP contribution in [0.2, 0.25) is 0 Å². The van der Waals surface area contributed by atoms with Crippen molar-refractivity contribution < 1.29 is 13.7 Å². The SMILES string of the molecule is O=C(CCC1CCCCC1)N1CCC[C@H](c2nc(-c3ccc(F)cc3)no2)C1. The quantitative estimate of drug-likeness (QED) is 0.731. The highest BCUT2D eigenvalue weighted by atomic mass is 19.1. The molecule has 0 unspecified atom stereocenters. The minimum absolute atomic E-state index is 0.0779. The third kappa shape index (κ3) is 4.59. The van der Waals surface area contributed by atoms with E-state index in [-0.39, 0.29) is 17.6 Å². The van der Waals surface area contributed by atoms with Crippen LogP contribution >= 0.6 is 0 Å². The first-order valence-electron chi connectivity index (χ1n) is 10.6. The van der Waals surface area contributed by atoms with Crippen LogP contribution in [0, 0.1) is 11.7 Å². The number of likely N-dealkylation sites (tertiary alicyclic amines) is 1.